The molecule has 29 heavy (non-hydrogen) atoms. The number of aromatic nitrogens is 2. The van der Waals surface area contributed by atoms with Gasteiger partial charge in [0.15, 0.2) is 0 Å². The average Bonchev–Trinajstić information content (AvgIpc) is 3.15. The average molecular weight is 417 g/mol. The van der Waals surface area contributed by atoms with Gasteiger partial charge in [-0.2, -0.15) is 0 Å². The molecule has 1 amide bonds. The Morgan fingerprint density at radius 3 is 2.48 bits per heavy atom. The SMILES string of the molecule is CCN(CC)[C@H]1C[C@@H](c2ccc(NC(=O)c3snnc3C)cc2)O[C@@H](C(C)C)C1. The fourth-order valence-electron chi connectivity index (χ4n) is 4.02. The molecular weight excluding hydrogens is 384 g/mol. The van der Waals surface area contributed by atoms with Gasteiger partial charge in [-0.1, -0.05) is 44.3 Å². The summed E-state index contributed by atoms with van der Waals surface area (Å²) in [5.74, 6) is 0.325. The number of nitrogens with one attached hydrogen (secondary N) is 1. The monoisotopic (exact) mass is 416 g/mol. The highest BCUT2D eigenvalue weighted by atomic mass is 32.1. The van der Waals surface area contributed by atoms with Crippen LogP contribution in [0.3, 0.4) is 0 Å². The molecule has 6 nitrogen and oxygen atoms in total. The van der Waals surface area contributed by atoms with Crippen molar-refractivity contribution in [3.63, 3.8) is 0 Å². The Labute approximate surface area is 177 Å². The molecule has 0 spiro atoms. The smallest absolute Gasteiger partial charge is 0.269 e. The van der Waals surface area contributed by atoms with Crippen LogP contribution in [0.15, 0.2) is 24.3 Å². The van der Waals surface area contributed by atoms with Gasteiger partial charge >= 0.3 is 0 Å². The maximum Gasteiger partial charge on any atom is 0.269 e. The second-order valence-electron chi connectivity index (χ2n) is 8.02. The van der Waals surface area contributed by atoms with E-state index < -0.39 is 0 Å². The van der Waals surface area contributed by atoms with E-state index in [1.54, 1.807) is 6.92 Å². The van der Waals surface area contributed by atoms with E-state index in [0.717, 1.165) is 43.2 Å². The molecule has 1 aromatic carbocycles. The minimum absolute atomic E-state index is 0.0828. The summed E-state index contributed by atoms with van der Waals surface area (Å²) in [7, 11) is 0. The summed E-state index contributed by atoms with van der Waals surface area (Å²) in [6.45, 7) is 12.9. The van der Waals surface area contributed by atoms with E-state index in [2.05, 4.69) is 59.6 Å². The van der Waals surface area contributed by atoms with Crippen LogP contribution in [0.5, 0.6) is 0 Å². The Morgan fingerprint density at radius 1 is 1.24 bits per heavy atom. The molecule has 1 N–H and O–H groups in total. The number of hydrogen-bond acceptors (Lipinski definition) is 6. The summed E-state index contributed by atoms with van der Waals surface area (Å²) < 4.78 is 10.3. The van der Waals surface area contributed by atoms with Crippen LogP contribution < -0.4 is 5.32 Å². The molecule has 1 saturated heterocycles. The Balaban J connectivity index is 1.71. The zero-order valence-electron chi connectivity index (χ0n) is 18.0. The summed E-state index contributed by atoms with van der Waals surface area (Å²) in [5.41, 5.74) is 2.59. The van der Waals surface area contributed by atoms with E-state index in [4.69, 9.17) is 4.74 Å². The Kier molecular flexibility index (Phi) is 7.38. The second-order valence-corrected chi connectivity index (χ2v) is 8.77. The molecule has 2 aromatic rings. The number of carbonyl (C=O) groups excluding carboxylic acids is 1. The van der Waals surface area contributed by atoms with Gasteiger partial charge in [0.2, 0.25) is 0 Å². The molecule has 0 unspecified atom stereocenters. The van der Waals surface area contributed by atoms with Crippen LogP contribution >= 0.6 is 11.5 Å². The maximum absolute atomic E-state index is 12.4. The number of anilines is 1. The third kappa shape index (κ3) is 5.21. The van der Waals surface area contributed by atoms with Crippen molar-refractivity contribution in [3.8, 4) is 0 Å². The highest BCUT2D eigenvalue weighted by Gasteiger charge is 2.34. The van der Waals surface area contributed by atoms with Crippen LogP contribution in [0, 0.1) is 12.8 Å². The van der Waals surface area contributed by atoms with E-state index >= 15 is 0 Å². The number of rotatable bonds is 7. The number of nitrogens with zero attached hydrogens (tertiary/aromatic N) is 3. The minimum atomic E-state index is -0.166. The first-order chi connectivity index (χ1) is 13.9. The van der Waals surface area contributed by atoms with E-state index in [1.165, 1.54) is 5.56 Å². The van der Waals surface area contributed by atoms with Gasteiger partial charge < -0.3 is 15.0 Å². The van der Waals surface area contributed by atoms with E-state index in [-0.39, 0.29) is 18.1 Å². The predicted molar refractivity (Wildman–Crippen MR) is 117 cm³/mol. The molecule has 0 radical (unpaired) electrons. The topological polar surface area (TPSA) is 67.4 Å². The summed E-state index contributed by atoms with van der Waals surface area (Å²) in [6.07, 6.45) is 2.44. The molecule has 3 atom stereocenters. The van der Waals surface area contributed by atoms with E-state index in [0.29, 0.717) is 22.5 Å². The van der Waals surface area contributed by atoms with Crippen molar-refractivity contribution < 1.29 is 9.53 Å². The van der Waals surface area contributed by atoms with Crippen LogP contribution in [0.25, 0.3) is 0 Å². The Morgan fingerprint density at radius 2 is 1.93 bits per heavy atom. The maximum atomic E-state index is 12.4. The Bertz CT molecular complexity index is 801. The van der Waals surface area contributed by atoms with E-state index in [1.807, 2.05) is 12.1 Å². The van der Waals surface area contributed by atoms with Gasteiger partial charge in [-0.05, 0) is 68.0 Å². The fraction of sp³-hybridized carbons (Fsp3) is 0.591. The van der Waals surface area contributed by atoms with Crippen molar-refractivity contribution in [1.29, 1.82) is 0 Å². The molecule has 1 fully saturated rings. The van der Waals surface area contributed by atoms with Crippen LogP contribution in [0.1, 0.15) is 67.6 Å². The largest absolute Gasteiger partial charge is 0.370 e. The Hall–Kier alpha value is -1.83. The highest BCUT2D eigenvalue weighted by molar-refractivity contribution is 7.08. The van der Waals surface area contributed by atoms with Crippen molar-refractivity contribution >= 4 is 23.1 Å². The van der Waals surface area contributed by atoms with Gasteiger partial charge in [-0.3, -0.25) is 4.79 Å². The lowest BCUT2D eigenvalue weighted by Gasteiger charge is -2.42. The van der Waals surface area contributed by atoms with Crippen LogP contribution in [0.4, 0.5) is 5.69 Å². The van der Waals surface area contributed by atoms with Gasteiger partial charge in [-0.15, -0.1) is 5.10 Å². The molecule has 1 aromatic heterocycles. The summed E-state index contributed by atoms with van der Waals surface area (Å²) >= 11 is 1.11. The number of aryl methyl sites for hydroxylation is 1. The molecule has 1 aliphatic rings. The third-order valence-electron chi connectivity index (χ3n) is 5.80. The number of hydrogen-bond donors (Lipinski definition) is 1. The molecule has 0 aliphatic carbocycles. The highest BCUT2D eigenvalue weighted by Crippen LogP contribution is 2.36. The van der Waals surface area contributed by atoms with Gasteiger partial charge in [0.25, 0.3) is 5.91 Å². The lowest BCUT2D eigenvalue weighted by molar-refractivity contribution is -0.101. The standard InChI is InChI=1S/C22H32N4O2S/c1-6-26(7-2)18-12-19(14(3)4)28-20(13-18)16-8-10-17(11-9-16)23-22(27)21-15(5)24-25-29-21/h8-11,14,18-20H,6-7,12-13H2,1-5H3,(H,23,27)/t18-,19-,20+/m1/s1. The lowest BCUT2D eigenvalue weighted by Crippen LogP contribution is -2.44. The van der Waals surface area contributed by atoms with Gasteiger partial charge in [0, 0.05) is 11.7 Å². The molecule has 1 aliphatic heterocycles. The first kappa shape index (κ1) is 21.9. The lowest BCUT2D eigenvalue weighted by atomic mass is 9.89. The van der Waals surface area contributed by atoms with Crippen molar-refractivity contribution in [3.05, 3.63) is 40.4 Å². The first-order valence-corrected chi connectivity index (χ1v) is 11.3. The van der Waals surface area contributed by atoms with Crippen LogP contribution in [-0.2, 0) is 4.74 Å². The van der Waals surface area contributed by atoms with Crippen molar-refractivity contribution in [1.82, 2.24) is 14.5 Å². The number of amides is 1. The van der Waals surface area contributed by atoms with Crippen LogP contribution in [-0.4, -0.2) is 45.6 Å². The summed E-state index contributed by atoms with van der Waals surface area (Å²) in [4.78, 5) is 15.5. The predicted octanol–water partition coefficient (Wildman–Crippen LogP) is 4.69. The van der Waals surface area contributed by atoms with Crippen molar-refractivity contribution in [2.24, 2.45) is 5.92 Å². The number of ether oxygens (including phenoxy) is 1. The van der Waals surface area contributed by atoms with E-state index in [9.17, 15) is 4.79 Å². The molecule has 2 heterocycles. The molecular formula is C22H32N4O2S. The summed E-state index contributed by atoms with van der Waals surface area (Å²) in [6, 6.07) is 8.58. The molecule has 0 saturated carbocycles. The van der Waals surface area contributed by atoms with Gasteiger partial charge in [0.05, 0.1) is 17.9 Å². The molecule has 7 heteroatoms. The summed E-state index contributed by atoms with van der Waals surface area (Å²) in [5, 5.41) is 6.83. The third-order valence-corrected chi connectivity index (χ3v) is 6.63. The minimum Gasteiger partial charge on any atom is -0.370 e. The van der Waals surface area contributed by atoms with Crippen molar-refractivity contribution in [2.75, 3.05) is 18.4 Å². The van der Waals surface area contributed by atoms with Crippen molar-refractivity contribution in [2.45, 2.75) is 65.7 Å². The number of benzene rings is 1. The van der Waals surface area contributed by atoms with Crippen LogP contribution in [0.2, 0.25) is 0 Å². The fourth-order valence-corrected chi connectivity index (χ4v) is 4.58. The van der Waals surface area contributed by atoms with Gasteiger partial charge in [0.1, 0.15) is 4.88 Å². The second kappa shape index (κ2) is 9.78. The molecule has 0 bridgehead atoms. The quantitative estimate of drug-likeness (QED) is 0.709. The van der Waals surface area contributed by atoms with Gasteiger partial charge in [-0.25, -0.2) is 0 Å². The molecule has 158 valence electrons. The number of carbonyl (C=O) groups is 1. The first-order valence-electron chi connectivity index (χ1n) is 10.5. The zero-order chi connectivity index (χ0) is 21.0. The molecule has 3 rings (SSSR count). The zero-order valence-corrected chi connectivity index (χ0v) is 18.8. The normalized spacial score (nSPS) is 22.2.